The van der Waals surface area contributed by atoms with Gasteiger partial charge in [-0.2, -0.15) is 18.3 Å². The van der Waals surface area contributed by atoms with E-state index in [0.29, 0.717) is 37.0 Å². The van der Waals surface area contributed by atoms with Crippen LogP contribution in [-0.4, -0.2) is 23.6 Å². The number of carbonyl (C=O) groups excluding carboxylic acids is 2. The molecule has 168 valence electrons. The van der Waals surface area contributed by atoms with Crippen molar-refractivity contribution < 1.29 is 22.8 Å². The van der Waals surface area contributed by atoms with E-state index in [0.717, 1.165) is 24.8 Å². The lowest BCUT2D eigenvalue weighted by atomic mass is 9.48. The number of hydrogen-bond acceptors (Lipinski definition) is 3. The summed E-state index contributed by atoms with van der Waals surface area (Å²) in [5.74, 6) is 0.597. The van der Waals surface area contributed by atoms with Crippen molar-refractivity contribution in [1.82, 2.24) is 5.43 Å². The van der Waals surface area contributed by atoms with Crippen LogP contribution in [0.1, 0.15) is 80.6 Å². The maximum absolute atomic E-state index is 13.6. The summed E-state index contributed by atoms with van der Waals surface area (Å²) in [6, 6.07) is 6.66. The number of benzene rings is 1. The van der Waals surface area contributed by atoms with Gasteiger partial charge in [0.2, 0.25) is 0 Å². The lowest BCUT2D eigenvalue weighted by molar-refractivity contribution is -0.143. The number of nitrogens with one attached hydrogen (secondary N) is 1. The Morgan fingerprint density at radius 2 is 1.55 bits per heavy atom. The van der Waals surface area contributed by atoms with Crippen LogP contribution in [0, 0.1) is 23.2 Å². The fourth-order valence-electron chi connectivity index (χ4n) is 6.20. The maximum Gasteiger partial charge on any atom is 0.431 e. The molecule has 4 bridgehead atoms. The SMILES string of the molecule is CC(C)c1ccc(C(=O)N/N=C(/CC(=O)C23CC4CC(CC(C4)C2)C3)C(F)(F)F)cc1. The van der Waals surface area contributed by atoms with E-state index in [4.69, 9.17) is 0 Å². The number of Topliss-reactive ketones (excluding diaryl/α,β-unsaturated/α-hetero) is 1. The van der Waals surface area contributed by atoms with Gasteiger partial charge in [-0.1, -0.05) is 26.0 Å². The molecule has 31 heavy (non-hydrogen) atoms. The van der Waals surface area contributed by atoms with E-state index in [1.165, 1.54) is 0 Å². The van der Waals surface area contributed by atoms with Crippen LogP contribution in [0.2, 0.25) is 0 Å². The van der Waals surface area contributed by atoms with Crippen LogP contribution in [0.5, 0.6) is 0 Å². The Bertz CT molecular complexity index is 852. The molecular weight excluding hydrogens is 405 g/mol. The molecular formula is C24H29F3N2O2. The van der Waals surface area contributed by atoms with Crippen molar-refractivity contribution in [2.75, 3.05) is 0 Å². The molecule has 0 aromatic heterocycles. The number of halogens is 3. The van der Waals surface area contributed by atoms with Crippen molar-refractivity contribution in [2.24, 2.45) is 28.3 Å². The second kappa shape index (κ2) is 8.06. The maximum atomic E-state index is 13.6. The average molecular weight is 435 g/mol. The molecule has 0 heterocycles. The summed E-state index contributed by atoms with van der Waals surface area (Å²) in [6.45, 7) is 4.02. The van der Waals surface area contributed by atoms with Gasteiger partial charge in [-0.3, -0.25) is 9.59 Å². The van der Waals surface area contributed by atoms with Crippen LogP contribution in [0.4, 0.5) is 13.2 Å². The first-order valence-electron chi connectivity index (χ1n) is 11.1. The molecule has 0 saturated heterocycles. The molecule has 0 spiro atoms. The molecule has 1 N–H and O–H groups in total. The highest BCUT2D eigenvalue weighted by molar-refractivity contribution is 6.07. The van der Waals surface area contributed by atoms with Gasteiger partial charge in [-0.25, -0.2) is 5.43 Å². The highest BCUT2D eigenvalue weighted by Crippen LogP contribution is 2.60. The third-order valence-electron chi connectivity index (χ3n) is 7.42. The third kappa shape index (κ3) is 4.55. The predicted molar refractivity (Wildman–Crippen MR) is 112 cm³/mol. The molecule has 1 amide bonds. The number of hydrogen-bond donors (Lipinski definition) is 1. The largest absolute Gasteiger partial charge is 0.431 e. The van der Waals surface area contributed by atoms with E-state index in [-0.39, 0.29) is 17.3 Å². The fourth-order valence-corrected chi connectivity index (χ4v) is 6.20. The smallest absolute Gasteiger partial charge is 0.299 e. The van der Waals surface area contributed by atoms with Crippen LogP contribution < -0.4 is 5.43 Å². The quantitative estimate of drug-likeness (QED) is 0.466. The molecule has 4 aliphatic rings. The molecule has 4 saturated carbocycles. The molecule has 4 fully saturated rings. The van der Waals surface area contributed by atoms with Crippen molar-refractivity contribution in [3.63, 3.8) is 0 Å². The van der Waals surface area contributed by atoms with Crippen LogP contribution >= 0.6 is 0 Å². The summed E-state index contributed by atoms with van der Waals surface area (Å²) in [5.41, 5.74) is 1.41. The van der Waals surface area contributed by atoms with Gasteiger partial charge in [0, 0.05) is 11.0 Å². The number of ketones is 1. The first-order chi connectivity index (χ1) is 14.6. The summed E-state index contributed by atoms with van der Waals surface area (Å²) in [7, 11) is 0. The van der Waals surface area contributed by atoms with Gasteiger partial charge < -0.3 is 0 Å². The Balaban J connectivity index is 1.47. The number of amides is 1. The minimum Gasteiger partial charge on any atom is -0.299 e. The molecule has 5 rings (SSSR count). The number of carbonyl (C=O) groups is 2. The van der Waals surface area contributed by atoms with E-state index >= 15 is 0 Å². The Labute approximate surface area is 180 Å². The Morgan fingerprint density at radius 1 is 1.03 bits per heavy atom. The highest BCUT2D eigenvalue weighted by Gasteiger charge is 2.55. The van der Waals surface area contributed by atoms with Crippen LogP contribution in [0.25, 0.3) is 0 Å². The average Bonchev–Trinajstić information content (AvgIpc) is 2.68. The Kier molecular flexibility index (Phi) is 5.73. The molecule has 7 heteroatoms. The summed E-state index contributed by atoms with van der Waals surface area (Å²) >= 11 is 0. The van der Waals surface area contributed by atoms with Gasteiger partial charge in [-0.15, -0.1) is 0 Å². The Morgan fingerprint density at radius 3 is 2.00 bits per heavy atom. The van der Waals surface area contributed by atoms with E-state index in [1.807, 2.05) is 19.3 Å². The van der Waals surface area contributed by atoms with Crippen molar-refractivity contribution in [3.8, 4) is 0 Å². The summed E-state index contributed by atoms with van der Waals surface area (Å²) in [4.78, 5) is 25.4. The van der Waals surface area contributed by atoms with Crippen LogP contribution in [0.15, 0.2) is 29.4 Å². The van der Waals surface area contributed by atoms with E-state index in [1.54, 1.807) is 24.3 Å². The molecule has 1 aromatic rings. The topological polar surface area (TPSA) is 58.5 Å². The molecule has 4 nitrogen and oxygen atoms in total. The van der Waals surface area contributed by atoms with Gasteiger partial charge in [0.15, 0.2) is 0 Å². The second-order valence-corrected chi connectivity index (χ2v) is 10.1. The highest BCUT2D eigenvalue weighted by atomic mass is 19.4. The van der Waals surface area contributed by atoms with Crippen LogP contribution in [0.3, 0.4) is 0 Å². The number of nitrogens with zero attached hydrogens (tertiary/aromatic N) is 1. The van der Waals surface area contributed by atoms with Gasteiger partial charge in [0.1, 0.15) is 11.5 Å². The zero-order valence-corrected chi connectivity index (χ0v) is 18.0. The molecule has 0 aliphatic heterocycles. The standard InChI is InChI=1S/C24H29F3N2O2/c1-14(2)18-3-5-19(6-4-18)22(31)29-28-20(24(25,26)27)10-21(30)23-11-15-7-16(12-23)9-17(8-15)13-23/h3-6,14-17H,7-13H2,1-2H3,(H,29,31)/b28-20-. The van der Waals surface area contributed by atoms with Gasteiger partial charge in [0.25, 0.3) is 5.91 Å². The lowest BCUT2D eigenvalue weighted by Gasteiger charge is -2.56. The van der Waals surface area contributed by atoms with E-state index in [9.17, 15) is 22.8 Å². The molecule has 0 atom stereocenters. The van der Waals surface area contributed by atoms with Gasteiger partial charge in [0.05, 0.1) is 6.42 Å². The third-order valence-corrected chi connectivity index (χ3v) is 7.42. The zero-order valence-electron chi connectivity index (χ0n) is 18.0. The summed E-state index contributed by atoms with van der Waals surface area (Å²) in [5, 5.41) is 3.37. The minimum absolute atomic E-state index is 0.224. The van der Waals surface area contributed by atoms with Crippen LogP contribution in [-0.2, 0) is 4.79 Å². The number of alkyl halides is 3. The number of rotatable bonds is 6. The van der Waals surface area contributed by atoms with Crippen molar-refractivity contribution in [2.45, 2.75) is 70.9 Å². The predicted octanol–water partition coefficient (Wildman–Crippen LogP) is 5.63. The summed E-state index contributed by atoms with van der Waals surface area (Å²) in [6.07, 6.45) is -0.100. The lowest BCUT2D eigenvalue weighted by Crippen LogP contribution is -2.50. The molecule has 4 aliphatic carbocycles. The van der Waals surface area contributed by atoms with Crippen molar-refractivity contribution >= 4 is 17.4 Å². The number of hydrazone groups is 1. The first kappa shape index (κ1) is 22.0. The normalized spacial score (nSPS) is 30.0. The van der Waals surface area contributed by atoms with E-state index in [2.05, 4.69) is 5.10 Å². The summed E-state index contributed by atoms with van der Waals surface area (Å²) < 4.78 is 40.8. The van der Waals surface area contributed by atoms with Gasteiger partial charge in [-0.05, 0) is 79.9 Å². The zero-order chi connectivity index (χ0) is 22.4. The van der Waals surface area contributed by atoms with Crippen molar-refractivity contribution in [1.29, 1.82) is 0 Å². The minimum atomic E-state index is -4.77. The van der Waals surface area contributed by atoms with Crippen molar-refractivity contribution in [3.05, 3.63) is 35.4 Å². The first-order valence-corrected chi connectivity index (χ1v) is 11.1. The van der Waals surface area contributed by atoms with Gasteiger partial charge >= 0.3 is 6.18 Å². The monoisotopic (exact) mass is 434 g/mol. The molecule has 0 unspecified atom stereocenters. The second-order valence-electron chi connectivity index (χ2n) is 10.1. The molecule has 1 aromatic carbocycles. The molecule has 0 radical (unpaired) electrons. The fraction of sp³-hybridized carbons (Fsp3) is 0.625. The Hall–Kier alpha value is -2.18. The van der Waals surface area contributed by atoms with E-state index < -0.39 is 29.6 Å².